The minimum atomic E-state index is -0.597. The molecule has 1 aromatic rings. The summed E-state index contributed by atoms with van der Waals surface area (Å²) in [6.07, 6.45) is 1.65. The number of nitro benzene ring substituents is 1. The van der Waals surface area contributed by atoms with E-state index < -0.39 is 4.92 Å². The molecule has 0 aliphatic carbocycles. The number of carbonyl (C=O) groups is 1. The zero-order chi connectivity index (χ0) is 15.1. The minimum Gasteiger partial charge on any atom is -0.477 e. The quantitative estimate of drug-likeness (QED) is 0.620. The number of halogens is 1. The fourth-order valence-corrected chi connectivity index (χ4v) is 1.83. The van der Waals surface area contributed by atoms with Gasteiger partial charge in [0.15, 0.2) is 12.4 Å². The second-order valence-corrected chi connectivity index (χ2v) is 4.68. The van der Waals surface area contributed by atoms with Gasteiger partial charge < -0.3 is 10.1 Å². The summed E-state index contributed by atoms with van der Waals surface area (Å²) in [5.74, 6) is -0.276. The summed E-state index contributed by atoms with van der Waals surface area (Å²) in [5.41, 5.74) is -0.257. The van der Waals surface area contributed by atoms with Crippen molar-refractivity contribution in [3.8, 4) is 5.75 Å². The molecule has 7 heteroatoms. The fourth-order valence-electron chi connectivity index (χ4n) is 1.66. The predicted octanol–water partition coefficient (Wildman–Crippen LogP) is 2.93. The Hall–Kier alpha value is -1.82. The predicted molar refractivity (Wildman–Crippen MR) is 76.1 cm³/mol. The molecule has 0 saturated heterocycles. The lowest BCUT2D eigenvalue weighted by Crippen LogP contribution is -2.37. The van der Waals surface area contributed by atoms with Crippen molar-refractivity contribution in [2.75, 3.05) is 6.61 Å². The third-order valence-electron chi connectivity index (χ3n) is 2.83. The van der Waals surface area contributed by atoms with Crippen molar-refractivity contribution in [2.45, 2.75) is 32.7 Å². The summed E-state index contributed by atoms with van der Waals surface area (Å²) in [5, 5.41) is 13.9. The normalized spacial score (nSPS) is 10.4. The van der Waals surface area contributed by atoms with Gasteiger partial charge in [-0.05, 0) is 25.0 Å². The molecule has 6 nitrogen and oxygen atoms in total. The standard InChI is InChI=1S/C13H17ClN2O4/c1-3-10(4-2)15-13(17)8-20-12-6-5-9(14)7-11(12)16(18)19/h5-7,10H,3-4,8H2,1-2H3,(H,15,17). The Morgan fingerprint density at radius 3 is 2.65 bits per heavy atom. The number of nitrogens with zero attached hydrogens (tertiary/aromatic N) is 1. The highest BCUT2D eigenvalue weighted by Crippen LogP contribution is 2.29. The van der Waals surface area contributed by atoms with E-state index in [2.05, 4.69) is 5.32 Å². The minimum absolute atomic E-state index is 0.0269. The molecule has 0 radical (unpaired) electrons. The van der Waals surface area contributed by atoms with E-state index in [1.54, 1.807) is 0 Å². The summed E-state index contributed by atoms with van der Waals surface area (Å²) < 4.78 is 5.19. The Balaban J connectivity index is 2.66. The molecule has 0 aliphatic heterocycles. The molecule has 1 amide bonds. The first-order valence-corrected chi connectivity index (χ1v) is 6.71. The van der Waals surface area contributed by atoms with E-state index in [0.717, 1.165) is 12.8 Å². The lowest BCUT2D eigenvalue weighted by Gasteiger charge is -2.14. The number of hydrogen-bond acceptors (Lipinski definition) is 4. The lowest BCUT2D eigenvalue weighted by atomic mass is 10.2. The number of amides is 1. The molecule has 0 saturated carbocycles. The van der Waals surface area contributed by atoms with Crippen LogP contribution in [0.3, 0.4) is 0 Å². The maximum atomic E-state index is 11.7. The van der Waals surface area contributed by atoms with Crippen molar-refractivity contribution in [1.29, 1.82) is 0 Å². The molecule has 1 rings (SSSR count). The number of benzene rings is 1. The van der Waals surface area contributed by atoms with Crippen LogP contribution in [0.15, 0.2) is 18.2 Å². The maximum absolute atomic E-state index is 11.7. The second-order valence-electron chi connectivity index (χ2n) is 4.24. The fraction of sp³-hybridized carbons (Fsp3) is 0.462. The number of carbonyl (C=O) groups excluding carboxylic acids is 1. The first kappa shape index (κ1) is 16.2. The Kier molecular flexibility index (Phi) is 6.24. The highest BCUT2D eigenvalue weighted by Gasteiger charge is 2.17. The van der Waals surface area contributed by atoms with Crippen LogP contribution in [0.1, 0.15) is 26.7 Å². The molecule has 0 spiro atoms. The van der Waals surface area contributed by atoms with Gasteiger partial charge in [-0.2, -0.15) is 0 Å². The molecule has 0 aromatic heterocycles. The molecule has 110 valence electrons. The van der Waals surface area contributed by atoms with E-state index in [9.17, 15) is 14.9 Å². The van der Waals surface area contributed by atoms with Crippen molar-refractivity contribution in [1.82, 2.24) is 5.32 Å². The van der Waals surface area contributed by atoms with Crippen LogP contribution in [0.25, 0.3) is 0 Å². The van der Waals surface area contributed by atoms with Crippen LogP contribution < -0.4 is 10.1 Å². The zero-order valence-corrected chi connectivity index (χ0v) is 12.1. The average molecular weight is 301 g/mol. The highest BCUT2D eigenvalue weighted by atomic mass is 35.5. The molecular formula is C13H17ClN2O4. The molecule has 1 aromatic carbocycles. The number of ether oxygens (including phenoxy) is 1. The highest BCUT2D eigenvalue weighted by molar-refractivity contribution is 6.30. The van der Waals surface area contributed by atoms with Crippen LogP contribution in [0.4, 0.5) is 5.69 Å². The number of nitro groups is 1. The summed E-state index contributed by atoms with van der Waals surface area (Å²) in [6, 6.07) is 4.13. The van der Waals surface area contributed by atoms with Gasteiger partial charge >= 0.3 is 5.69 Å². The summed E-state index contributed by atoms with van der Waals surface area (Å²) in [4.78, 5) is 21.9. The Morgan fingerprint density at radius 2 is 2.10 bits per heavy atom. The van der Waals surface area contributed by atoms with Crippen LogP contribution in [-0.2, 0) is 4.79 Å². The smallest absolute Gasteiger partial charge is 0.312 e. The first-order chi connectivity index (χ1) is 9.47. The molecular weight excluding hydrogens is 284 g/mol. The van der Waals surface area contributed by atoms with E-state index in [1.807, 2.05) is 13.8 Å². The maximum Gasteiger partial charge on any atom is 0.312 e. The van der Waals surface area contributed by atoms with Gasteiger partial charge in [0.05, 0.1) is 4.92 Å². The largest absolute Gasteiger partial charge is 0.477 e. The van der Waals surface area contributed by atoms with Crippen LogP contribution in [0.5, 0.6) is 5.75 Å². The van der Waals surface area contributed by atoms with Crippen molar-refractivity contribution in [3.63, 3.8) is 0 Å². The Labute approximate surface area is 122 Å². The van der Waals surface area contributed by atoms with E-state index in [0.29, 0.717) is 0 Å². The zero-order valence-electron chi connectivity index (χ0n) is 11.4. The second kappa shape index (κ2) is 7.69. The van der Waals surface area contributed by atoms with Crippen molar-refractivity contribution < 1.29 is 14.5 Å². The summed E-state index contributed by atoms with van der Waals surface area (Å²) in [7, 11) is 0. The van der Waals surface area contributed by atoms with Gasteiger partial charge in [-0.25, -0.2) is 0 Å². The third kappa shape index (κ3) is 4.70. The van der Waals surface area contributed by atoms with E-state index in [1.165, 1.54) is 18.2 Å². The van der Waals surface area contributed by atoms with Crippen LogP contribution >= 0.6 is 11.6 Å². The van der Waals surface area contributed by atoms with Gasteiger partial charge in [-0.1, -0.05) is 25.4 Å². The van der Waals surface area contributed by atoms with Gasteiger partial charge in [0.25, 0.3) is 5.91 Å². The van der Waals surface area contributed by atoms with Crippen molar-refractivity contribution in [3.05, 3.63) is 33.3 Å². The van der Waals surface area contributed by atoms with Gasteiger partial charge in [0.2, 0.25) is 0 Å². The Bertz CT molecular complexity index is 489. The molecule has 0 atom stereocenters. The van der Waals surface area contributed by atoms with Crippen LogP contribution in [-0.4, -0.2) is 23.5 Å². The molecule has 20 heavy (non-hydrogen) atoms. The van der Waals surface area contributed by atoms with E-state index >= 15 is 0 Å². The topological polar surface area (TPSA) is 81.5 Å². The van der Waals surface area contributed by atoms with Crippen molar-refractivity contribution in [2.24, 2.45) is 0 Å². The first-order valence-electron chi connectivity index (χ1n) is 6.34. The van der Waals surface area contributed by atoms with Gasteiger partial charge in [0, 0.05) is 17.1 Å². The van der Waals surface area contributed by atoms with Gasteiger partial charge in [-0.15, -0.1) is 0 Å². The number of rotatable bonds is 7. The number of hydrogen-bond donors (Lipinski definition) is 1. The van der Waals surface area contributed by atoms with E-state index in [-0.39, 0.29) is 35.0 Å². The van der Waals surface area contributed by atoms with Crippen LogP contribution in [0.2, 0.25) is 5.02 Å². The van der Waals surface area contributed by atoms with Crippen molar-refractivity contribution >= 4 is 23.2 Å². The SMILES string of the molecule is CCC(CC)NC(=O)COc1ccc(Cl)cc1[N+](=O)[O-]. The molecule has 0 unspecified atom stereocenters. The summed E-state index contributed by atoms with van der Waals surface area (Å²) >= 11 is 5.69. The molecule has 0 aliphatic rings. The third-order valence-corrected chi connectivity index (χ3v) is 3.06. The molecule has 0 bridgehead atoms. The average Bonchev–Trinajstić information content (AvgIpc) is 2.43. The van der Waals surface area contributed by atoms with Gasteiger partial charge in [-0.3, -0.25) is 14.9 Å². The monoisotopic (exact) mass is 300 g/mol. The molecule has 0 fully saturated rings. The van der Waals surface area contributed by atoms with Crippen LogP contribution in [0, 0.1) is 10.1 Å². The lowest BCUT2D eigenvalue weighted by molar-refractivity contribution is -0.385. The Morgan fingerprint density at radius 1 is 1.45 bits per heavy atom. The number of nitrogens with one attached hydrogen (secondary N) is 1. The summed E-state index contributed by atoms with van der Waals surface area (Å²) in [6.45, 7) is 3.68. The molecule has 1 N–H and O–H groups in total. The van der Waals surface area contributed by atoms with E-state index in [4.69, 9.17) is 16.3 Å². The molecule has 0 heterocycles. The van der Waals surface area contributed by atoms with Gasteiger partial charge in [0.1, 0.15) is 0 Å².